The van der Waals surface area contributed by atoms with Gasteiger partial charge in [0.15, 0.2) is 0 Å². The van der Waals surface area contributed by atoms with Crippen LogP contribution in [0.2, 0.25) is 0 Å². The fourth-order valence-corrected chi connectivity index (χ4v) is 1.89. The van der Waals surface area contributed by atoms with Gasteiger partial charge in [-0.15, -0.1) is 0 Å². The Bertz CT molecular complexity index is 378. The molecule has 2 rings (SSSR count). The number of methoxy groups -OCH3 is 1. The molecular formula is C13H16O2. The standard InChI is InChI=1S/C13H16O2/c1-9-5-10(8-13(14)15-2)7-12(6-9)11-3-4-11/h5-7,11H,3-4,8H2,1-2H3. The van der Waals surface area contributed by atoms with Crippen LogP contribution in [0.3, 0.4) is 0 Å². The first-order valence-corrected chi connectivity index (χ1v) is 5.36. The van der Waals surface area contributed by atoms with Gasteiger partial charge in [0.2, 0.25) is 0 Å². The number of benzene rings is 1. The second-order valence-corrected chi connectivity index (χ2v) is 4.28. The van der Waals surface area contributed by atoms with Crippen LogP contribution in [-0.2, 0) is 16.0 Å². The third-order valence-corrected chi connectivity index (χ3v) is 2.78. The number of rotatable bonds is 3. The Morgan fingerprint density at radius 1 is 1.40 bits per heavy atom. The molecule has 2 heteroatoms. The summed E-state index contributed by atoms with van der Waals surface area (Å²) in [5.41, 5.74) is 3.69. The van der Waals surface area contributed by atoms with Crippen LogP contribution in [0.15, 0.2) is 18.2 Å². The fraction of sp³-hybridized carbons (Fsp3) is 0.462. The maximum atomic E-state index is 11.2. The summed E-state index contributed by atoms with van der Waals surface area (Å²) in [4.78, 5) is 11.2. The van der Waals surface area contributed by atoms with Gasteiger partial charge < -0.3 is 4.74 Å². The van der Waals surface area contributed by atoms with Crippen molar-refractivity contribution in [3.8, 4) is 0 Å². The van der Waals surface area contributed by atoms with Gasteiger partial charge in [-0.2, -0.15) is 0 Å². The highest BCUT2D eigenvalue weighted by molar-refractivity contribution is 5.72. The van der Waals surface area contributed by atoms with Gasteiger partial charge in [-0.3, -0.25) is 4.79 Å². The second-order valence-electron chi connectivity index (χ2n) is 4.28. The van der Waals surface area contributed by atoms with Gasteiger partial charge >= 0.3 is 5.97 Å². The molecule has 0 atom stereocenters. The largest absolute Gasteiger partial charge is 0.469 e. The Labute approximate surface area is 90.3 Å². The lowest BCUT2D eigenvalue weighted by Gasteiger charge is -2.05. The summed E-state index contributed by atoms with van der Waals surface area (Å²) in [6.07, 6.45) is 2.97. The third-order valence-electron chi connectivity index (χ3n) is 2.78. The van der Waals surface area contributed by atoms with Crippen molar-refractivity contribution in [1.29, 1.82) is 0 Å². The molecule has 0 saturated heterocycles. The summed E-state index contributed by atoms with van der Waals surface area (Å²) in [6, 6.07) is 6.42. The Kier molecular flexibility index (Phi) is 2.76. The molecule has 80 valence electrons. The molecule has 1 aliphatic rings. The van der Waals surface area contributed by atoms with Gasteiger partial charge in [0.25, 0.3) is 0 Å². The Balaban J connectivity index is 2.19. The lowest BCUT2D eigenvalue weighted by molar-refractivity contribution is -0.139. The maximum Gasteiger partial charge on any atom is 0.309 e. The average Bonchev–Trinajstić information content (AvgIpc) is 2.99. The number of carbonyl (C=O) groups is 1. The van der Waals surface area contributed by atoms with Crippen LogP contribution in [0.5, 0.6) is 0 Å². The van der Waals surface area contributed by atoms with E-state index in [0.29, 0.717) is 6.42 Å². The van der Waals surface area contributed by atoms with E-state index in [2.05, 4.69) is 29.9 Å². The number of ether oxygens (including phenoxy) is 1. The SMILES string of the molecule is COC(=O)Cc1cc(C)cc(C2CC2)c1. The molecule has 1 aromatic rings. The molecule has 0 amide bonds. The van der Waals surface area contributed by atoms with E-state index in [9.17, 15) is 4.79 Å². The lowest BCUT2D eigenvalue weighted by Crippen LogP contribution is -2.05. The van der Waals surface area contributed by atoms with E-state index in [-0.39, 0.29) is 5.97 Å². The van der Waals surface area contributed by atoms with E-state index in [0.717, 1.165) is 11.5 Å². The molecule has 0 heterocycles. The molecule has 1 aromatic carbocycles. The smallest absolute Gasteiger partial charge is 0.309 e. The third kappa shape index (κ3) is 2.58. The van der Waals surface area contributed by atoms with Crippen molar-refractivity contribution < 1.29 is 9.53 Å². The molecule has 15 heavy (non-hydrogen) atoms. The summed E-state index contributed by atoms with van der Waals surface area (Å²) >= 11 is 0. The zero-order valence-corrected chi connectivity index (χ0v) is 9.25. The van der Waals surface area contributed by atoms with Crippen LogP contribution in [0.1, 0.15) is 35.4 Å². The van der Waals surface area contributed by atoms with Crippen LogP contribution in [0.4, 0.5) is 0 Å². The summed E-state index contributed by atoms with van der Waals surface area (Å²) in [5.74, 6) is 0.573. The maximum absolute atomic E-state index is 11.2. The van der Waals surface area contributed by atoms with Crippen LogP contribution < -0.4 is 0 Å². The molecule has 0 radical (unpaired) electrons. The monoisotopic (exact) mass is 204 g/mol. The van der Waals surface area contributed by atoms with Crippen LogP contribution in [0.25, 0.3) is 0 Å². The van der Waals surface area contributed by atoms with Gasteiger partial charge in [0.1, 0.15) is 0 Å². The lowest BCUT2D eigenvalue weighted by atomic mass is 10.0. The Morgan fingerprint density at radius 3 is 2.73 bits per heavy atom. The average molecular weight is 204 g/mol. The van der Waals surface area contributed by atoms with E-state index in [1.165, 1.54) is 31.1 Å². The quantitative estimate of drug-likeness (QED) is 0.707. The molecule has 0 N–H and O–H groups in total. The highest BCUT2D eigenvalue weighted by Crippen LogP contribution is 2.40. The summed E-state index contributed by atoms with van der Waals surface area (Å²) in [5, 5.41) is 0. The van der Waals surface area contributed by atoms with E-state index >= 15 is 0 Å². The van der Waals surface area contributed by atoms with E-state index in [4.69, 9.17) is 0 Å². The first kappa shape index (κ1) is 10.2. The molecule has 0 bridgehead atoms. The van der Waals surface area contributed by atoms with Crippen molar-refractivity contribution in [3.63, 3.8) is 0 Å². The van der Waals surface area contributed by atoms with E-state index in [1.54, 1.807) is 0 Å². The minimum absolute atomic E-state index is 0.164. The minimum atomic E-state index is -0.164. The van der Waals surface area contributed by atoms with Crippen molar-refractivity contribution >= 4 is 5.97 Å². The molecule has 0 aromatic heterocycles. The number of hydrogen-bond donors (Lipinski definition) is 0. The highest BCUT2D eigenvalue weighted by atomic mass is 16.5. The number of aryl methyl sites for hydroxylation is 1. The Morgan fingerprint density at radius 2 is 2.13 bits per heavy atom. The molecule has 1 fully saturated rings. The predicted octanol–water partition coefficient (Wildman–Crippen LogP) is 2.59. The molecule has 0 spiro atoms. The molecule has 0 aliphatic heterocycles. The zero-order valence-electron chi connectivity index (χ0n) is 9.25. The fourth-order valence-electron chi connectivity index (χ4n) is 1.89. The first-order chi connectivity index (χ1) is 7.19. The Hall–Kier alpha value is -1.31. The highest BCUT2D eigenvalue weighted by Gasteiger charge is 2.23. The minimum Gasteiger partial charge on any atom is -0.469 e. The van der Waals surface area contributed by atoms with Crippen molar-refractivity contribution in [2.75, 3.05) is 7.11 Å². The van der Waals surface area contributed by atoms with Crippen LogP contribution in [-0.4, -0.2) is 13.1 Å². The van der Waals surface area contributed by atoms with E-state index < -0.39 is 0 Å². The van der Waals surface area contributed by atoms with Crippen LogP contribution in [0, 0.1) is 6.92 Å². The molecule has 1 saturated carbocycles. The van der Waals surface area contributed by atoms with Crippen molar-refractivity contribution in [2.45, 2.75) is 32.1 Å². The van der Waals surface area contributed by atoms with Crippen molar-refractivity contribution in [2.24, 2.45) is 0 Å². The number of hydrogen-bond acceptors (Lipinski definition) is 2. The van der Waals surface area contributed by atoms with Gasteiger partial charge in [0.05, 0.1) is 13.5 Å². The molecular weight excluding hydrogens is 188 g/mol. The van der Waals surface area contributed by atoms with Crippen molar-refractivity contribution in [1.82, 2.24) is 0 Å². The summed E-state index contributed by atoms with van der Waals surface area (Å²) in [7, 11) is 1.43. The van der Waals surface area contributed by atoms with Gasteiger partial charge in [-0.05, 0) is 36.8 Å². The van der Waals surface area contributed by atoms with E-state index in [1.807, 2.05) is 0 Å². The normalized spacial score (nSPS) is 15.1. The van der Waals surface area contributed by atoms with Crippen molar-refractivity contribution in [3.05, 3.63) is 34.9 Å². The molecule has 1 aliphatic carbocycles. The first-order valence-electron chi connectivity index (χ1n) is 5.36. The number of carbonyl (C=O) groups excluding carboxylic acids is 1. The zero-order chi connectivity index (χ0) is 10.8. The van der Waals surface area contributed by atoms with Gasteiger partial charge in [-0.1, -0.05) is 23.8 Å². The topological polar surface area (TPSA) is 26.3 Å². The predicted molar refractivity (Wildman–Crippen MR) is 58.9 cm³/mol. The summed E-state index contributed by atoms with van der Waals surface area (Å²) in [6.45, 7) is 2.08. The molecule has 2 nitrogen and oxygen atoms in total. The second kappa shape index (κ2) is 4.05. The number of esters is 1. The van der Waals surface area contributed by atoms with Gasteiger partial charge in [-0.25, -0.2) is 0 Å². The van der Waals surface area contributed by atoms with Gasteiger partial charge in [0, 0.05) is 0 Å². The molecule has 0 unspecified atom stereocenters. The van der Waals surface area contributed by atoms with Crippen LogP contribution >= 0.6 is 0 Å². The summed E-state index contributed by atoms with van der Waals surface area (Å²) < 4.78 is 4.67.